The summed E-state index contributed by atoms with van der Waals surface area (Å²) in [5, 5.41) is 16.7. The van der Waals surface area contributed by atoms with E-state index in [0.29, 0.717) is 15.7 Å². The van der Waals surface area contributed by atoms with Crippen LogP contribution in [0, 0.1) is 12.8 Å². The van der Waals surface area contributed by atoms with Crippen molar-refractivity contribution in [1.29, 1.82) is 0 Å². The van der Waals surface area contributed by atoms with Gasteiger partial charge >= 0.3 is 5.97 Å². The molecule has 0 radical (unpaired) electrons. The van der Waals surface area contributed by atoms with E-state index in [1.54, 1.807) is 42.8 Å². The standard InChI is InChI=1S/C16H17Cl2N3O3/c1-8-6-14(15(22)19-10(3)9(2)16(23)24)20-21(8)11-4-5-12(17)13(18)7-11/h4-7,9-10H,1-3H3,(H,19,22)(H,23,24). The van der Waals surface area contributed by atoms with Crippen LogP contribution in [-0.2, 0) is 4.79 Å². The lowest BCUT2D eigenvalue weighted by atomic mass is 10.0. The van der Waals surface area contributed by atoms with E-state index < -0.39 is 23.8 Å². The Morgan fingerprint density at radius 2 is 1.88 bits per heavy atom. The number of aryl methyl sites for hydroxylation is 1. The predicted molar refractivity (Wildman–Crippen MR) is 92.0 cm³/mol. The Balaban J connectivity index is 2.23. The second kappa shape index (κ2) is 7.23. The summed E-state index contributed by atoms with van der Waals surface area (Å²) in [7, 11) is 0. The molecule has 1 aromatic heterocycles. The molecule has 8 heteroatoms. The third kappa shape index (κ3) is 3.88. The van der Waals surface area contributed by atoms with Gasteiger partial charge in [0.05, 0.1) is 21.7 Å². The average molecular weight is 370 g/mol. The fourth-order valence-electron chi connectivity index (χ4n) is 2.08. The van der Waals surface area contributed by atoms with E-state index in [1.165, 1.54) is 6.92 Å². The summed E-state index contributed by atoms with van der Waals surface area (Å²) in [4.78, 5) is 23.2. The van der Waals surface area contributed by atoms with Crippen molar-refractivity contribution < 1.29 is 14.7 Å². The largest absolute Gasteiger partial charge is 0.481 e. The molecule has 0 aliphatic carbocycles. The van der Waals surface area contributed by atoms with Crippen LogP contribution >= 0.6 is 23.2 Å². The zero-order chi connectivity index (χ0) is 18.0. The molecule has 0 saturated heterocycles. The monoisotopic (exact) mass is 369 g/mol. The number of amides is 1. The summed E-state index contributed by atoms with van der Waals surface area (Å²) in [6.07, 6.45) is 0. The number of carboxylic acid groups (broad SMARTS) is 1. The number of nitrogens with zero attached hydrogens (tertiary/aromatic N) is 2. The number of aliphatic carboxylic acids is 1. The lowest BCUT2D eigenvalue weighted by molar-refractivity contribution is -0.141. The van der Waals surface area contributed by atoms with Gasteiger partial charge in [0.25, 0.3) is 5.91 Å². The number of hydrogen-bond donors (Lipinski definition) is 2. The van der Waals surface area contributed by atoms with Gasteiger partial charge in [-0.25, -0.2) is 4.68 Å². The molecule has 0 bridgehead atoms. The molecule has 2 atom stereocenters. The van der Waals surface area contributed by atoms with Gasteiger partial charge in [-0.15, -0.1) is 0 Å². The minimum absolute atomic E-state index is 0.197. The highest BCUT2D eigenvalue weighted by atomic mass is 35.5. The second-order valence-corrected chi connectivity index (χ2v) is 6.38. The van der Waals surface area contributed by atoms with Gasteiger partial charge < -0.3 is 10.4 Å². The highest BCUT2D eigenvalue weighted by molar-refractivity contribution is 6.42. The zero-order valence-corrected chi connectivity index (χ0v) is 14.9. The Morgan fingerprint density at radius 3 is 2.46 bits per heavy atom. The molecule has 1 amide bonds. The van der Waals surface area contributed by atoms with Crippen molar-refractivity contribution in [2.75, 3.05) is 0 Å². The van der Waals surface area contributed by atoms with E-state index in [2.05, 4.69) is 10.4 Å². The van der Waals surface area contributed by atoms with Gasteiger partial charge in [-0.3, -0.25) is 9.59 Å². The number of carbonyl (C=O) groups excluding carboxylic acids is 1. The molecule has 2 unspecified atom stereocenters. The number of carbonyl (C=O) groups is 2. The molecule has 2 rings (SSSR count). The highest BCUT2D eigenvalue weighted by Crippen LogP contribution is 2.25. The maximum Gasteiger partial charge on any atom is 0.308 e. The van der Waals surface area contributed by atoms with Gasteiger partial charge in [-0.1, -0.05) is 23.2 Å². The third-order valence-corrected chi connectivity index (χ3v) is 4.51. The van der Waals surface area contributed by atoms with Crippen LogP contribution in [-0.4, -0.2) is 32.8 Å². The number of benzene rings is 1. The molecule has 6 nitrogen and oxygen atoms in total. The van der Waals surface area contributed by atoms with Gasteiger partial charge in [0.15, 0.2) is 5.69 Å². The van der Waals surface area contributed by atoms with Crippen molar-refractivity contribution in [3.8, 4) is 5.69 Å². The van der Waals surface area contributed by atoms with E-state index in [0.717, 1.165) is 5.69 Å². The van der Waals surface area contributed by atoms with Crippen molar-refractivity contribution in [3.05, 3.63) is 45.7 Å². The van der Waals surface area contributed by atoms with Crippen molar-refractivity contribution in [2.24, 2.45) is 5.92 Å². The van der Waals surface area contributed by atoms with Crippen LogP contribution in [0.3, 0.4) is 0 Å². The molecule has 1 heterocycles. The van der Waals surface area contributed by atoms with Crippen LogP contribution < -0.4 is 5.32 Å². The lowest BCUT2D eigenvalue weighted by Crippen LogP contribution is -2.40. The van der Waals surface area contributed by atoms with Crippen molar-refractivity contribution in [3.63, 3.8) is 0 Å². The first-order valence-corrected chi connectivity index (χ1v) is 8.02. The SMILES string of the molecule is Cc1cc(C(=O)NC(C)C(C)C(=O)O)nn1-c1ccc(Cl)c(Cl)c1. The quantitative estimate of drug-likeness (QED) is 0.846. The van der Waals surface area contributed by atoms with Gasteiger partial charge in [0.2, 0.25) is 0 Å². The van der Waals surface area contributed by atoms with Crippen molar-refractivity contribution in [1.82, 2.24) is 15.1 Å². The molecule has 0 aliphatic heterocycles. The first-order valence-electron chi connectivity index (χ1n) is 7.26. The summed E-state index contributed by atoms with van der Waals surface area (Å²) in [5.74, 6) is -2.11. The Bertz CT molecular complexity index is 789. The Kier molecular flexibility index (Phi) is 5.51. The van der Waals surface area contributed by atoms with Gasteiger partial charge in [0, 0.05) is 11.7 Å². The van der Waals surface area contributed by atoms with Crippen molar-refractivity contribution >= 4 is 35.1 Å². The number of carboxylic acids is 1. The van der Waals surface area contributed by atoms with Crippen LogP contribution in [0.15, 0.2) is 24.3 Å². The average Bonchev–Trinajstić information content (AvgIpc) is 2.91. The first-order chi connectivity index (χ1) is 11.2. The molecular weight excluding hydrogens is 353 g/mol. The Labute approximate surface area is 149 Å². The third-order valence-electron chi connectivity index (χ3n) is 3.77. The maximum atomic E-state index is 12.3. The first kappa shape index (κ1) is 18.3. The molecule has 2 N–H and O–H groups in total. The molecule has 128 valence electrons. The molecule has 0 saturated carbocycles. The van der Waals surface area contributed by atoms with Gasteiger partial charge in [-0.2, -0.15) is 5.10 Å². The van der Waals surface area contributed by atoms with E-state index >= 15 is 0 Å². The summed E-state index contributed by atoms with van der Waals surface area (Å²) < 4.78 is 1.57. The fourth-order valence-corrected chi connectivity index (χ4v) is 2.38. The molecule has 0 aliphatic rings. The molecule has 24 heavy (non-hydrogen) atoms. The minimum atomic E-state index is -0.972. The summed E-state index contributed by atoms with van der Waals surface area (Å²) >= 11 is 11.9. The van der Waals surface area contributed by atoms with Crippen LogP contribution in [0.5, 0.6) is 0 Å². The highest BCUT2D eigenvalue weighted by Gasteiger charge is 2.23. The molecule has 0 fully saturated rings. The molecular formula is C16H17Cl2N3O3. The zero-order valence-electron chi connectivity index (χ0n) is 13.4. The van der Waals surface area contributed by atoms with Gasteiger partial charge in [-0.05, 0) is 45.0 Å². The molecule has 2 aromatic rings. The number of hydrogen-bond acceptors (Lipinski definition) is 3. The number of nitrogens with one attached hydrogen (secondary N) is 1. The summed E-state index contributed by atoms with van der Waals surface area (Å²) in [5.41, 5.74) is 1.60. The van der Waals surface area contributed by atoms with Crippen LogP contribution in [0.2, 0.25) is 10.0 Å². The Morgan fingerprint density at radius 1 is 1.21 bits per heavy atom. The van der Waals surface area contributed by atoms with E-state index in [9.17, 15) is 9.59 Å². The van der Waals surface area contributed by atoms with E-state index in [4.69, 9.17) is 28.3 Å². The van der Waals surface area contributed by atoms with E-state index in [-0.39, 0.29) is 5.69 Å². The smallest absolute Gasteiger partial charge is 0.308 e. The molecule has 1 aromatic carbocycles. The van der Waals surface area contributed by atoms with Crippen molar-refractivity contribution in [2.45, 2.75) is 26.8 Å². The number of rotatable bonds is 5. The normalized spacial score (nSPS) is 13.4. The Hall–Kier alpha value is -2.05. The van der Waals surface area contributed by atoms with Crippen LogP contribution in [0.1, 0.15) is 30.0 Å². The summed E-state index contributed by atoms with van der Waals surface area (Å²) in [6.45, 7) is 4.97. The topological polar surface area (TPSA) is 84.2 Å². The maximum absolute atomic E-state index is 12.3. The van der Waals surface area contributed by atoms with Crippen LogP contribution in [0.4, 0.5) is 0 Å². The van der Waals surface area contributed by atoms with Crippen LogP contribution in [0.25, 0.3) is 5.69 Å². The summed E-state index contributed by atoms with van der Waals surface area (Å²) in [6, 6.07) is 6.14. The lowest BCUT2D eigenvalue weighted by Gasteiger charge is -2.16. The second-order valence-electron chi connectivity index (χ2n) is 5.57. The predicted octanol–water partition coefficient (Wildman–Crippen LogP) is 3.33. The van der Waals surface area contributed by atoms with Gasteiger partial charge in [0.1, 0.15) is 0 Å². The molecule has 0 spiro atoms. The minimum Gasteiger partial charge on any atom is -0.481 e. The number of halogens is 2. The van der Waals surface area contributed by atoms with E-state index in [1.807, 2.05) is 0 Å². The fraction of sp³-hybridized carbons (Fsp3) is 0.312. The number of aromatic nitrogens is 2.